The summed E-state index contributed by atoms with van der Waals surface area (Å²) < 4.78 is 5.76. The third-order valence-electron chi connectivity index (χ3n) is 4.93. The van der Waals surface area contributed by atoms with E-state index in [9.17, 15) is 9.90 Å². The van der Waals surface area contributed by atoms with Crippen molar-refractivity contribution in [2.75, 3.05) is 19.7 Å². The number of benzene rings is 2. The Kier molecular flexibility index (Phi) is 4.39. The number of hydrogen-bond donors (Lipinski definition) is 2. The van der Waals surface area contributed by atoms with Gasteiger partial charge in [-0.2, -0.15) is 0 Å². The number of amides is 1. The number of ether oxygens (including phenoxy) is 1. The molecule has 2 aliphatic heterocycles. The molecule has 4 rings (SSSR count). The van der Waals surface area contributed by atoms with E-state index in [-0.39, 0.29) is 17.7 Å². The van der Waals surface area contributed by atoms with Crippen molar-refractivity contribution >= 4 is 5.91 Å². The zero-order chi connectivity index (χ0) is 18.1. The summed E-state index contributed by atoms with van der Waals surface area (Å²) in [4.78, 5) is 14.5. The van der Waals surface area contributed by atoms with E-state index in [4.69, 9.17) is 4.74 Å². The summed E-state index contributed by atoms with van der Waals surface area (Å²) in [6.07, 6.45) is 3.86. The Morgan fingerprint density at radius 2 is 2.15 bits per heavy atom. The molecule has 2 N–H and O–H groups in total. The smallest absolute Gasteiger partial charge is 0.244 e. The Morgan fingerprint density at radius 3 is 2.92 bits per heavy atom. The van der Waals surface area contributed by atoms with Gasteiger partial charge in [-0.1, -0.05) is 36.4 Å². The lowest BCUT2D eigenvalue weighted by atomic mass is 9.97. The van der Waals surface area contributed by atoms with Gasteiger partial charge in [0.25, 0.3) is 0 Å². The molecule has 0 aliphatic carbocycles. The molecule has 0 unspecified atom stereocenters. The van der Waals surface area contributed by atoms with Gasteiger partial charge in [-0.25, -0.2) is 0 Å². The van der Waals surface area contributed by atoms with Crippen LogP contribution in [0.5, 0.6) is 11.5 Å². The van der Waals surface area contributed by atoms with Gasteiger partial charge in [0, 0.05) is 18.7 Å². The maximum Gasteiger partial charge on any atom is 0.244 e. The first-order valence-corrected chi connectivity index (χ1v) is 8.87. The molecule has 0 aromatic heterocycles. The van der Waals surface area contributed by atoms with Crippen LogP contribution in [0.25, 0.3) is 11.1 Å². The number of aryl methyl sites for hydroxylation is 1. The summed E-state index contributed by atoms with van der Waals surface area (Å²) in [5.41, 5.74) is 3.95. The number of nitrogens with zero attached hydrogens (tertiary/aromatic N) is 1. The van der Waals surface area contributed by atoms with Gasteiger partial charge in [0.1, 0.15) is 12.6 Å². The van der Waals surface area contributed by atoms with Crippen LogP contribution in [0.2, 0.25) is 0 Å². The van der Waals surface area contributed by atoms with Gasteiger partial charge in [-0.05, 0) is 35.7 Å². The molecule has 0 radical (unpaired) electrons. The number of fused-ring (bicyclic) bond motifs is 1. The molecule has 0 fully saturated rings. The van der Waals surface area contributed by atoms with Gasteiger partial charge in [0.2, 0.25) is 5.91 Å². The predicted octanol–water partition coefficient (Wildman–Crippen LogP) is 2.62. The molecule has 0 spiro atoms. The van der Waals surface area contributed by atoms with Gasteiger partial charge in [0.05, 0.1) is 6.54 Å². The minimum absolute atomic E-state index is 0.0379. The summed E-state index contributed by atoms with van der Waals surface area (Å²) in [5, 5.41) is 13.7. The highest BCUT2D eigenvalue weighted by atomic mass is 16.5. The predicted molar refractivity (Wildman–Crippen MR) is 100 cm³/mol. The first-order valence-electron chi connectivity index (χ1n) is 8.87. The third-order valence-corrected chi connectivity index (χ3v) is 4.93. The lowest BCUT2D eigenvalue weighted by Crippen LogP contribution is -2.44. The third kappa shape index (κ3) is 3.06. The van der Waals surface area contributed by atoms with Crippen molar-refractivity contribution in [2.45, 2.75) is 19.5 Å². The highest BCUT2D eigenvalue weighted by molar-refractivity contribution is 5.84. The molecule has 0 saturated carbocycles. The van der Waals surface area contributed by atoms with Crippen LogP contribution in [-0.4, -0.2) is 41.7 Å². The molecule has 2 aromatic rings. The minimum Gasteiger partial charge on any atom is -0.504 e. The number of phenolic OH excluding ortho intramolecular Hbond substituents is 1. The minimum atomic E-state index is -0.273. The molecule has 26 heavy (non-hydrogen) atoms. The van der Waals surface area contributed by atoms with Crippen LogP contribution in [0, 0.1) is 6.92 Å². The second kappa shape index (κ2) is 6.84. The van der Waals surface area contributed by atoms with Crippen molar-refractivity contribution in [3.8, 4) is 22.6 Å². The van der Waals surface area contributed by atoms with Gasteiger partial charge in [-0.3, -0.25) is 10.1 Å². The van der Waals surface area contributed by atoms with E-state index in [1.165, 1.54) is 0 Å². The molecule has 0 saturated heterocycles. The van der Waals surface area contributed by atoms with E-state index in [0.717, 1.165) is 28.8 Å². The van der Waals surface area contributed by atoms with Crippen LogP contribution in [-0.2, 0) is 11.3 Å². The number of hydrogen-bond acceptors (Lipinski definition) is 4. The number of aromatic hydroxyl groups is 1. The monoisotopic (exact) mass is 350 g/mol. The van der Waals surface area contributed by atoms with E-state index < -0.39 is 0 Å². The maximum absolute atomic E-state index is 12.8. The summed E-state index contributed by atoms with van der Waals surface area (Å²) >= 11 is 0. The lowest BCUT2D eigenvalue weighted by Gasteiger charge is -2.23. The average Bonchev–Trinajstić information content (AvgIpc) is 3.08. The first-order chi connectivity index (χ1) is 12.6. The quantitative estimate of drug-likeness (QED) is 0.818. The molecule has 1 atom stereocenters. The van der Waals surface area contributed by atoms with Crippen molar-refractivity contribution in [1.82, 2.24) is 10.2 Å². The Bertz CT molecular complexity index is 876. The van der Waals surface area contributed by atoms with Crippen LogP contribution in [0.3, 0.4) is 0 Å². The number of carbonyl (C=O) groups is 1. The van der Waals surface area contributed by atoms with E-state index in [0.29, 0.717) is 25.4 Å². The number of rotatable bonds is 2. The fraction of sp³-hybridized carbons (Fsp3) is 0.286. The summed E-state index contributed by atoms with van der Waals surface area (Å²) in [7, 11) is 0. The summed E-state index contributed by atoms with van der Waals surface area (Å²) in [5.74, 6) is 0.637. The van der Waals surface area contributed by atoms with Crippen molar-refractivity contribution in [3.63, 3.8) is 0 Å². The molecule has 5 heteroatoms. The molecule has 0 bridgehead atoms. The SMILES string of the molecule is Cc1ccccc1-c1cc(O)c2c(c1)CN(C(=O)[C@H]1C=CCN1)CCO2. The van der Waals surface area contributed by atoms with E-state index in [2.05, 4.69) is 5.32 Å². The molecule has 5 nitrogen and oxygen atoms in total. The molecule has 2 heterocycles. The Balaban J connectivity index is 1.69. The second-order valence-electron chi connectivity index (χ2n) is 6.72. The average molecular weight is 350 g/mol. The number of carbonyl (C=O) groups excluding carboxylic acids is 1. The second-order valence-corrected chi connectivity index (χ2v) is 6.72. The zero-order valence-electron chi connectivity index (χ0n) is 14.7. The van der Waals surface area contributed by atoms with Crippen LogP contribution in [0.4, 0.5) is 0 Å². The van der Waals surface area contributed by atoms with Crippen molar-refractivity contribution in [1.29, 1.82) is 0 Å². The van der Waals surface area contributed by atoms with Crippen molar-refractivity contribution < 1.29 is 14.6 Å². The number of phenols is 1. The Hall–Kier alpha value is -2.79. The van der Waals surface area contributed by atoms with Crippen LogP contribution in [0.15, 0.2) is 48.6 Å². The van der Waals surface area contributed by atoms with E-state index >= 15 is 0 Å². The Morgan fingerprint density at radius 1 is 1.31 bits per heavy atom. The molecule has 2 aliphatic rings. The van der Waals surface area contributed by atoms with E-state index in [1.807, 2.05) is 49.4 Å². The standard InChI is InChI=1S/C21H22N2O3/c1-14-5-2-3-6-17(14)15-11-16-13-23(21(25)18-7-4-8-22-18)9-10-26-20(16)19(24)12-15/h2-7,11-12,18,22,24H,8-10,13H2,1H3/t18-/m1/s1. The normalized spacial score (nSPS) is 19.0. The van der Waals surface area contributed by atoms with Crippen molar-refractivity contribution in [3.05, 3.63) is 59.7 Å². The van der Waals surface area contributed by atoms with E-state index in [1.54, 1.807) is 11.0 Å². The number of nitrogens with one attached hydrogen (secondary N) is 1. The van der Waals surface area contributed by atoms with Crippen LogP contribution < -0.4 is 10.1 Å². The fourth-order valence-electron chi connectivity index (χ4n) is 3.57. The highest BCUT2D eigenvalue weighted by Crippen LogP contribution is 2.38. The largest absolute Gasteiger partial charge is 0.504 e. The van der Waals surface area contributed by atoms with Gasteiger partial charge >= 0.3 is 0 Å². The van der Waals surface area contributed by atoms with Crippen molar-refractivity contribution in [2.24, 2.45) is 0 Å². The lowest BCUT2D eigenvalue weighted by molar-refractivity contribution is -0.132. The zero-order valence-corrected chi connectivity index (χ0v) is 14.7. The van der Waals surface area contributed by atoms with Gasteiger partial charge < -0.3 is 14.7 Å². The van der Waals surface area contributed by atoms with Gasteiger partial charge in [-0.15, -0.1) is 0 Å². The molecule has 134 valence electrons. The van der Waals surface area contributed by atoms with Crippen LogP contribution >= 0.6 is 0 Å². The first kappa shape index (κ1) is 16.7. The van der Waals surface area contributed by atoms with Gasteiger partial charge in [0.15, 0.2) is 11.5 Å². The topological polar surface area (TPSA) is 61.8 Å². The highest BCUT2D eigenvalue weighted by Gasteiger charge is 2.27. The maximum atomic E-state index is 12.8. The molecular weight excluding hydrogens is 328 g/mol. The summed E-state index contributed by atoms with van der Waals surface area (Å²) in [6.45, 7) is 4.05. The molecule has 2 aromatic carbocycles. The van der Waals surface area contributed by atoms with Crippen LogP contribution in [0.1, 0.15) is 11.1 Å². The molecular formula is C21H22N2O3. The fourth-order valence-corrected chi connectivity index (χ4v) is 3.57. The molecule has 1 amide bonds. The Labute approximate surface area is 152 Å². The summed E-state index contributed by atoms with van der Waals surface area (Å²) in [6, 6.07) is 11.5.